The fourth-order valence-electron chi connectivity index (χ4n) is 3.81. The van der Waals surface area contributed by atoms with Crippen LogP contribution in [0.25, 0.3) is 0 Å². The second-order valence-corrected chi connectivity index (χ2v) is 7.21. The van der Waals surface area contributed by atoms with Crippen LogP contribution in [-0.4, -0.2) is 42.9 Å². The monoisotopic (exact) mass is 343 g/mol. The van der Waals surface area contributed by atoms with Gasteiger partial charge in [-0.3, -0.25) is 9.59 Å². The van der Waals surface area contributed by atoms with E-state index in [1.807, 2.05) is 35.2 Å². The first-order valence-corrected chi connectivity index (χ1v) is 9.55. The van der Waals surface area contributed by atoms with Crippen molar-refractivity contribution in [3.63, 3.8) is 0 Å². The predicted molar refractivity (Wildman–Crippen MR) is 98.0 cm³/mol. The highest BCUT2D eigenvalue weighted by Crippen LogP contribution is 2.20. The molecule has 0 aliphatic carbocycles. The van der Waals surface area contributed by atoms with Crippen LogP contribution in [0.3, 0.4) is 0 Å². The average molecular weight is 343 g/mol. The fraction of sp³-hybridized carbons (Fsp3) is 0.600. The van der Waals surface area contributed by atoms with Gasteiger partial charge in [0, 0.05) is 25.9 Å². The van der Waals surface area contributed by atoms with Gasteiger partial charge < -0.3 is 15.5 Å². The number of carbonyl (C=O) groups excluding carboxylic acids is 2. The second kappa shape index (κ2) is 8.99. The van der Waals surface area contributed by atoms with Crippen LogP contribution in [0, 0.1) is 5.92 Å². The molecule has 0 spiro atoms. The summed E-state index contributed by atoms with van der Waals surface area (Å²) in [4.78, 5) is 26.3. The number of rotatable bonds is 7. The summed E-state index contributed by atoms with van der Waals surface area (Å²) in [5.74, 6) is 0.950. The number of hydrogen-bond acceptors (Lipinski definition) is 3. The molecular weight excluding hydrogens is 314 g/mol. The van der Waals surface area contributed by atoms with E-state index in [4.69, 9.17) is 0 Å². The molecule has 1 unspecified atom stereocenters. The molecule has 2 aliphatic heterocycles. The van der Waals surface area contributed by atoms with Crippen LogP contribution >= 0.6 is 0 Å². The number of piperidine rings is 1. The van der Waals surface area contributed by atoms with Crippen LogP contribution in [0.2, 0.25) is 0 Å². The third-order valence-corrected chi connectivity index (χ3v) is 5.35. The van der Waals surface area contributed by atoms with Gasteiger partial charge >= 0.3 is 0 Å². The van der Waals surface area contributed by atoms with Crippen LogP contribution < -0.4 is 10.6 Å². The fourth-order valence-corrected chi connectivity index (χ4v) is 3.81. The van der Waals surface area contributed by atoms with Gasteiger partial charge in [-0.15, -0.1) is 0 Å². The Morgan fingerprint density at radius 1 is 1.24 bits per heavy atom. The van der Waals surface area contributed by atoms with Gasteiger partial charge in [-0.05, 0) is 50.3 Å². The Hall–Kier alpha value is -1.88. The second-order valence-electron chi connectivity index (χ2n) is 7.21. The first kappa shape index (κ1) is 17.9. The molecule has 2 fully saturated rings. The molecule has 0 saturated carbocycles. The Morgan fingerprint density at radius 3 is 2.68 bits per heavy atom. The lowest BCUT2D eigenvalue weighted by Crippen LogP contribution is -2.38. The van der Waals surface area contributed by atoms with Crippen molar-refractivity contribution in [3.8, 4) is 0 Å². The Morgan fingerprint density at radius 2 is 2.00 bits per heavy atom. The van der Waals surface area contributed by atoms with Gasteiger partial charge in [0.2, 0.25) is 11.8 Å². The lowest BCUT2D eigenvalue weighted by atomic mass is 9.93. The molecule has 5 nitrogen and oxygen atoms in total. The molecule has 136 valence electrons. The van der Waals surface area contributed by atoms with Crippen LogP contribution in [0.15, 0.2) is 30.3 Å². The lowest BCUT2D eigenvalue weighted by Gasteiger charge is -2.26. The van der Waals surface area contributed by atoms with Crippen molar-refractivity contribution < 1.29 is 9.59 Å². The lowest BCUT2D eigenvalue weighted by molar-refractivity contribution is -0.129. The number of carbonyl (C=O) groups is 2. The molecule has 1 atom stereocenters. The van der Waals surface area contributed by atoms with E-state index in [0.29, 0.717) is 25.3 Å². The third kappa shape index (κ3) is 5.30. The maximum absolute atomic E-state index is 12.5. The first-order valence-electron chi connectivity index (χ1n) is 9.55. The van der Waals surface area contributed by atoms with Crippen molar-refractivity contribution in [1.29, 1.82) is 0 Å². The summed E-state index contributed by atoms with van der Waals surface area (Å²) in [5, 5.41) is 6.53. The maximum atomic E-state index is 12.5. The van der Waals surface area contributed by atoms with Crippen molar-refractivity contribution in [2.75, 3.05) is 26.2 Å². The van der Waals surface area contributed by atoms with Crippen molar-refractivity contribution in [2.45, 2.75) is 44.6 Å². The number of nitrogens with one attached hydrogen (secondary N) is 2. The summed E-state index contributed by atoms with van der Waals surface area (Å²) < 4.78 is 0. The minimum Gasteiger partial charge on any atom is -0.348 e. The summed E-state index contributed by atoms with van der Waals surface area (Å²) in [7, 11) is 0. The van der Waals surface area contributed by atoms with Crippen LogP contribution in [0.1, 0.15) is 50.1 Å². The van der Waals surface area contributed by atoms with Crippen LogP contribution in [0.5, 0.6) is 0 Å². The minimum atomic E-state index is -0.122. The number of benzene rings is 1. The van der Waals surface area contributed by atoms with E-state index >= 15 is 0 Å². The van der Waals surface area contributed by atoms with E-state index in [1.165, 1.54) is 0 Å². The molecule has 2 saturated heterocycles. The molecular formula is C20H29N3O2. The molecule has 5 heteroatoms. The SMILES string of the molecule is O=C(CCC1CCNCC1)NC(CN1CCCC1=O)c1ccccc1. The average Bonchev–Trinajstić information content (AvgIpc) is 3.06. The molecule has 2 N–H and O–H groups in total. The molecule has 0 radical (unpaired) electrons. The van der Waals surface area contributed by atoms with Crippen molar-refractivity contribution in [3.05, 3.63) is 35.9 Å². The zero-order valence-corrected chi connectivity index (χ0v) is 14.9. The molecule has 2 heterocycles. The molecule has 2 amide bonds. The summed E-state index contributed by atoms with van der Waals surface area (Å²) in [6.45, 7) is 3.50. The van der Waals surface area contributed by atoms with Gasteiger partial charge in [-0.25, -0.2) is 0 Å². The Kier molecular flexibility index (Phi) is 6.45. The van der Waals surface area contributed by atoms with Crippen molar-refractivity contribution in [2.24, 2.45) is 5.92 Å². The summed E-state index contributed by atoms with van der Waals surface area (Å²) >= 11 is 0. The summed E-state index contributed by atoms with van der Waals surface area (Å²) in [6, 6.07) is 9.87. The molecule has 1 aromatic carbocycles. The molecule has 0 aromatic heterocycles. The highest BCUT2D eigenvalue weighted by molar-refractivity contribution is 5.79. The maximum Gasteiger partial charge on any atom is 0.222 e. The molecule has 1 aromatic rings. The summed E-state index contributed by atoms with van der Waals surface area (Å²) in [5.41, 5.74) is 1.07. The standard InChI is InChI=1S/C20H29N3O2/c24-19(9-8-16-10-12-21-13-11-16)22-18(17-5-2-1-3-6-17)15-23-14-4-7-20(23)25/h1-3,5-6,16,18,21H,4,7-15H2,(H,22,24). The van der Waals surface area contributed by atoms with Gasteiger partial charge in [0.15, 0.2) is 0 Å². The normalized spacial score (nSPS) is 19.8. The van der Waals surface area contributed by atoms with Gasteiger partial charge in [-0.1, -0.05) is 30.3 Å². The quantitative estimate of drug-likeness (QED) is 0.798. The first-order chi connectivity index (χ1) is 12.2. The van der Waals surface area contributed by atoms with Gasteiger partial charge in [0.25, 0.3) is 0 Å². The van der Waals surface area contributed by atoms with E-state index in [-0.39, 0.29) is 17.9 Å². The smallest absolute Gasteiger partial charge is 0.222 e. The van der Waals surface area contributed by atoms with E-state index in [2.05, 4.69) is 10.6 Å². The highest BCUT2D eigenvalue weighted by atomic mass is 16.2. The third-order valence-electron chi connectivity index (χ3n) is 5.35. The van der Waals surface area contributed by atoms with E-state index < -0.39 is 0 Å². The molecule has 0 bridgehead atoms. The zero-order chi connectivity index (χ0) is 17.5. The summed E-state index contributed by atoms with van der Waals surface area (Å²) in [6.07, 6.45) is 5.41. The number of hydrogen-bond donors (Lipinski definition) is 2. The molecule has 25 heavy (non-hydrogen) atoms. The predicted octanol–water partition coefficient (Wildman–Crippen LogP) is 2.25. The van der Waals surface area contributed by atoms with Crippen LogP contribution in [0.4, 0.5) is 0 Å². The van der Waals surface area contributed by atoms with E-state index in [9.17, 15) is 9.59 Å². The Labute approximate surface area is 150 Å². The minimum absolute atomic E-state index is 0.0963. The Bertz CT molecular complexity index is 570. The Balaban J connectivity index is 1.56. The number of amides is 2. The van der Waals surface area contributed by atoms with E-state index in [0.717, 1.165) is 50.9 Å². The largest absolute Gasteiger partial charge is 0.348 e. The number of likely N-dealkylation sites (tertiary alicyclic amines) is 1. The van der Waals surface area contributed by atoms with Crippen LogP contribution in [-0.2, 0) is 9.59 Å². The van der Waals surface area contributed by atoms with Gasteiger partial charge in [0.1, 0.15) is 0 Å². The topological polar surface area (TPSA) is 61.4 Å². The van der Waals surface area contributed by atoms with Crippen molar-refractivity contribution >= 4 is 11.8 Å². The van der Waals surface area contributed by atoms with E-state index in [1.54, 1.807) is 0 Å². The molecule has 2 aliphatic rings. The number of nitrogens with zero attached hydrogens (tertiary/aromatic N) is 1. The van der Waals surface area contributed by atoms with Gasteiger partial charge in [0.05, 0.1) is 6.04 Å². The van der Waals surface area contributed by atoms with Crippen molar-refractivity contribution in [1.82, 2.24) is 15.5 Å². The molecule has 3 rings (SSSR count). The van der Waals surface area contributed by atoms with Gasteiger partial charge in [-0.2, -0.15) is 0 Å². The zero-order valence-electron chi connectivity index (χ0n) is 14.9. The highest BCUT2D eigenvalue weighted by Gasteiger charge is 2.25.